The standard InChI is InChI=1S/C19H19ClN6O/c20-15-5-1-6-16(12-15)22-19(27)14-4-2-10-25(13-14)17-7-8-18(24-23-17)26-11-3-9-21-26/h1,3,5-9,11-12,14H,2,4,10,13H2,(H,22,27). The van der Waals surface area contributed by atoms with Gasteiger partial charge < -0.3 is 10.2 Å². The molecule has 27 heavy (non-hydrogen) atoms. The number of piperidine rings is 1. The van der Waals surface area contributed by atoms with Gasteiger partial charge in [-0.1, -0.05) is 17.7 Å². The van der Waals surface area contributed by atoms with Gasteiger partial charge in [-0.25, -0.2) is 4.68 Å². The maximum atomic E-state index is 12.6. The minimum atomic E-state index is -0.106. The average molecular weight is 383 g/mol. The number of amides is 1. The molecule has 0 aliphatic carbocycles. The number of benzene rings is 1. The third-order valence-electron chi connectivity index (χ3n) is 4.58. The lowest BCUT2D eigenvalue weighted by molar-refractivity contribution is -0.120. The van der Waals surface area contributed by atoms with E-state index in [0.717, 1.165) is 25.2 Å². The molecule has 3 heterocycles. The first kappa shape index (κ1) is 17.5. The fourth-order valence-corrected chi connectivity index (χ4v) is 3.41. The summed E-state index contributed by atoms with van der Waals surface area (Å²) in [7, 11) is 0. The van der Waals surface area contributed by atoms with Gasteiger partial charge in [0.15, 0.2) is 11.6 Å². The largest absolute Gasteiger partial charge is 0.354 e. The van der Waals surface area contributed by atoms with E-state index in [0.29, 0.717) is 23.1 Å². The topological polar surface area (TPSA) is 75.9 Å². The Balaban J connectivity index is 1.42. The van der Waals surface area contributed by atoms with Crippen LogP contribution >= 0.6 is 11.6 Å². The summed E-state index contributed by atoms with van der Waals surface area (Å²) in [6.07, 6.45) is 5.29. The van der Waals surface area contributed by atoms with Crippen LogP contribution in [0.1, 0.15) is 12.8 Å². The van der Waals surface area contributed by atoms with Crippen LogP contribution in [0.15, 0.2) is 54.9 Å². The molecule has 1 fully saturated rings. The number of anilines is 2. The Hall–Kier alpha value is -2.93. The monoisotopic (exact) mass is 382 g/mol. The van der Waals surface area contributed by atoms with Crippen LogP contribution in [-0.2, 0) is 4.79 Å². The molecule has 1 unspecified atom stereocenters. The van der Waals surface area contributed by atoms with Gasteiger partial charge in [0, 0.05) is 36.2 Å². The highest BCUT2D eigenvalue weighted by atomic mass is 35.5. The highest BCUT2D eigenvalue weighted by molar-refractivity contribution is 6.30. The quantitative estimate of drug-likeness (QED) is 0.750. The van der Waals surface area contributed by atoms with E-state index in [1.165, 1.54) is 0 Å². The Morgan fingerprint density at radius 1 is 1.15 bits per heavy atom. The summed E-state index contributed by atoms with van der Waals surface area (Å²) in [5, 5.41) is 16.3. The fourth-order valence-electron chi connectivity index (χ4n) is 3.22. The van der Waals surface area contributed by atoms with E-state index in [1.807, 2.05) is 36.5 Å². The molecule has 4 rings (SSSR count). The Labute approximate surface area is 162 Å². The molecule has 1 aliphatic heterocycles. The zero-order valence-electron chi connectivity index (χ0n) is 14.6. The minimum Gasteiger partial charge on any atom is -0.354 e. The van der Waals surface area contributed by atoms with Crippen molar-refractivity contribution in [3.05, 3.63) is 59.9 Å². The summed E-state index contributed by atoms with van der Waals surface area (Å²) < 4.78 is 1.66. The molecule has 1 atom stereocenters. The molecular weight excluding hydrogens is 364 g/mol. The number of carbonyl (C=O) groups is 1. The van der Waals surface area contributed by atoms with Crippen LogP contribution in [0.3, 0.4) is 0 Å². The Morgan fingerprint density at radius 3 is 2.74 bits per heavy atom. The molecule has 1 saturated heterocycles. The minimum absolute atomic E-state index is 0.00286. The number of hydrogen-bond acceptors (Lipinski definition) is 5. The first-order chi connectivity index (χ1) is 13.2. The Morgan fingerprint density at radius 2 is 2.00 bits per heavy atom. The summed E-state index contributed by atoms with van der Waals surface area (Å²) in [6.45, 7) is 1.47. The van der Waals surface area contributed by atoms with E-state index >= 15 is 0 Å². The van der Waals surface area contributed by atoms with Crippen molar-refractivity contribution in [2.45, 2.75) is 12.8 Å². The van der Waals surface area contributed by atoms with Crippen molar-refractivity contribution in [2.24, 2.45) is 5.92 Å². The molecular formula is C19H19ClN6O. The van der Waals surface area contributed by atoms with E-state index in [4.69, 9.17) is 11.6 Å². The Kier molecular flexibility index (Phi) is 5.02. The molecule has 1 aliphatic rings. The molecule has 1 amide bonds. The molecule has 1 N–H and O–H groups in total. The van der Waals surface area contributed by atoms with Crippen LogP contribution in [0.2, 0.25) is 5.02 Å². The molecule has 138 valence electrons. The maximum absolute atomic E-state index is 12.6. The van der Waals surface area contributed by atoms with E-state index in [9.17, 15) is 4.79 Å². The van der Waals surface area contributed by atoms with Crippen molar-refractivity contribution in [3.63, 3.8) is 0 Å². The molecule has 0 bridgehead atoms. The van der Waals surface area contributed by atoms with Crippen molar-refractivity contribution < 1.29 is 4.79 Å². The van der Waals surface area contributed by atoms with Crippen molar-refractivity contribution in [1.29, 1.82) is 0 Å². The third-order valence-corrected chi connectivity index (χ3v) is 4.82. The van der Waals surface area contributed by atoms with Gasteiger partial charge in [-0.05, 0) is 49.2 Å². The fraction of sp³-hybridized carbons (Fsp3) is 0.263. The second kappa shape index (κ2) is 7.75. The van der Waals surface area contributed by atoms with E-state index in [2.05, 4.69) is 25.5 Å². The van der Waals surface area contributed by atoms with Gasteiger partial charge in [0.2, 0.25) is 5.91 Å². The summed E-state index contributed by atoms with van der Waals surface area (Å²) in [6, 6.07) is 12.8. The molecule has 3 aromatic rings. The molecule has 2 aromatic heterocycles. The van der Waals surface area contributed by atoms with Gasteiger partial charge in [0.05, 0.1) is 5.92 Å². The van der Waals surface area contributed by atoms with Gasteiger partial charge >= 0.3 is 0 Å². The van der Waals surface area contributed by atoms with Gasteiger partial charge in [-0.3, -0.25) is 4.79 Å². The zero-order chi connectivity index (χ0) is 18.6. The number of carbonyl (C=O) groups excluding carboxylic acids is 1. The van der Waals surface area contributed by atoms with Crippen LogP contribution in [0.25, 0.3) is 5.82 Å². The highest BCUT2D eigenvalue weighted by Gasteiger charge is 2.27. The molecule has 1 aromatic carbocycles. The molecule has 8 heteroatoms. The van der Waals surface area contributed by atoms with Crippen molar-refractivity contribution in [1.82, 2.24) is 20.0 Å². The van der Waals surface area contributed by atoms with Gasteiger partial charge in [-0.2, -0.15) is 5.10 Å². The van der Waals surface area contributed by atoms with Crippen molar-refractivity contribution in [2.75, 3.05) is 23.3 Å². The van der Waals surface area contributed by atoms with Crippen LogP contribution in [0.5, 0.6) is 0 Å². The molecule has 0 spiro atoms. The maximum Gasteiger partial charge on any atom is 0.229 e. The normalized spacial score (nSPS) is 16.9. The molecule has 0 radical (unpaired) electrons. The first-order valence-corrected chi connectivity index (χ1v) is 9.22. The summed E-state index contributed by atoms with van der Waals surface area (Å²) in [4.78, 5) is 14.7. The Bertz CT molecular complexity index is 912. The van der Waals surface area contributed by atoms with E-state index < -0.39 is 0 Å². The zero-order valence-corrected chi connectivity index (χ0v) is 15.4. The number of hydrogen-bond donors (Lipinski definition) is 1. The van der Waals surface area contributed by atoms with Crippen LogP contribution < -0.4 is 10.2 Å². The predicted molar refractivity (Wildman–Crippen MR) is 104 cm³/mol. The lowest BCUT2D eigenvalue weighted by Gasteiger charge is -2.32. The number of halogens is 1. The van der Waals surface area contributed by atoms with Gasteiger partial charge in [0.1, 0.15) is 0 Å². The summed E-state index contributed by atoms with van der Waals surface area (Å²) in [5.41, 5.74) is 0.716. The second-order valence-electron chi connectivity index (χ2n) is 6.49. The molecule has 0 saturated carbocycles. The average Bonchev–Trinajstić information content (AvgIpc) is 3.23. The lowest BCUT2D eigenvalue weighted by atomic mass is 9.97. The van der Waals surface area contributed by atoms with E-state index in [1.54, 1.807) is 23.0 Å². The summed E-state index contributed by atoms with van der Waals surface area (Å²) in [5.74, 6) is 1.33. The SMILES string of the molecule is O=C(Nc1cccc(Cl)c1)C1CCCN(c2ccc(-n3cccn3)nn2)C1. The first-order valence-electron chi connectivity index (χ1n) is 8.84. The number of rotatable bonds is 4. The second-order valence-corrected chi connectivity index (χ2v) is 6.92. The number of nitrogens with zero attached hydrogens (tertiary/aromatic N) is 5. The van der Waals surface area contributed by atoms with Crippen LogP contribution in [0, 0.1) is 5.92 Å². The smallest absolute Gasteiger partial charge is 0.229 e. The van der Waals surface area contributed by atoms with Crippen molar-refractivity contribution >= 4 is 29.0 Å². The van der Waals surface area contributed by atoms with Crippen LogP contribution in [0.4, 0.5) is 11.5 Å². The van der Waals surface area contributed by atoms with E-state index in [-0.39, 0.29) is 11.8 Å². The lowest BCUT2D eigenvalue weighted by Crippen LogP contribution is -2.41. The number of nitrogens with one attached hydrogen (secondary N) is 1. The molecule has 7 nitrogen and oxygen atoms in total. The van der Waals surface area contributed by atoms with Gasteiger partial charge in [0.25, 0.3) is 0 Å². The number of aromatic nitrogens is 4. The van der Waals surface area contributed by atoms with Gasteiger partial charge in [-0.15, -0.1) is 10.2 Å². The highest BCUT2D eigenvalue weighted by Crippen LogP contribution is 2.23. The third kappa shape index (κ3) is 4.09. The summed E-state index contributed by atoms with van der Waals surface area (Å²) >= 11 is 5.99. The van der Waals surface area contributed by atoms with Crippen LogP contribution in [-0.4, -0.2) is 39.0 Å². The van der Waals surface area contributed by atoms with Crippen molar-refractivity contribution in [3.8, 4) is 5.82 Å². The predicted octanol–water partition coefficient (Wildman–Crippen LogP) is 3.17.